The summed E-state index contributed by atoms with van der Waals surface area (Å²) in [4.78, 5) is 23.3. The predicted octanol–water partition coefficient (Wildman–Crippen LogP) is 2.07. The van der Waals surface area contributed by atoms with Crippen LogP contribution in [0.4, 0.5) is 0 Å². The summed E-state index contributed by atoms with van der Waals surface area (Å²) in [6.45, 7) is 3.82. The molecule has 1 aliphatic rings. The van der Waals surface area contributed by atoms with E-state index in [0.29, 0.717) is 11.1 Å². The van der Waals surface area contributed by atoms with Gasteiger partial charge in [0.05, 0.1) is 11.6 Å². The average molecular weight is 285 g/mol. The van der Waals surface area contributed by atoms with Gasteiger partial charge in [0, 0.05) is 11.5 Å². The maximum absolute atomic E-state index is 11.8. The molecule has 1 aromatic rings. The van der Waals surface area contributed by atoms with E-state index in [-0.39, 0.29) is 6.61 Å². The number of carbonyl (C=O) groups excluding carboxylic acids is 2. The quantitative estimate of drug-likeness (QED) is 0.627. The molecule has 1 aliphatic heterocycles. The van der Waals surface area contributed by atoms with Gasteiger partial charge in [0.1, 0.15) is 6.61 Å². The van der Waals surface area contributed by atoms with Gasteiger partial charge >= 0.3 is 11.9 Å². The molecule has 1 fully saturated rings. The number of nitriles is 1. The van der Waals surface area contributed by atoms with Crippen LogP contribution in [0.1, 0.15) is 25.0 Å². The molecule has 108 valence electrons. The molecule has 0 N–H and O–H groups in total. The number of hydrogen-bond donors (Lipinski definition) is 0. The fourth-order valence-corrected chi connectivity index (χ4v) is 1.99. The van der Waals surface area contributed by atoms with Crippen molar-refractivity contribution in [2.45, 2.75) is 20.0 Å². The Morgan fingerprint density at radius 3 is 2.81 bits per heavy atom. The molecule has 1 saturated heterocycles. The highest BCUT2D eigenvalue weighted by Gasteiger charge is 2.46. The number of rotatable bonds is 3. The molecule has 0 radical (unpaired) electrons. The second-order valence-corrected chi connectivity index (χ2v) is 5.45. The molecule has 5 heteroatoms. The Kier molecular flexibility index (Phi) is 4.08. The maximum atomic E-state index is 11.8. The van der Waals surface area contributed by atoms with Crippen molar-refractivity contribution in [3.63, 3.8) is 0 Å². The summed E-state index contributed by atoms with van der Waals surface area (Å²) in [6.07, 6.45) is 1.80. The lowest BCUT2D eigenvalue weighted by Crippen LogP contribution is -2.34. The Morgan fingerprint density at radius 1 is 1.48 bits per heavy atom. The molecule has 1 aromatic carbocycles. The number of esters is 2. The predicted molar refractivity (Wildman–Crippen MR) is 74.8 cm³/mol. The molecule has 1 heterocycles. The third-order valence-electron chi connectivity index (χ3n) is 3.22. The normalized spacial score (nSPS) is 20.0. The van der Waals surface area contributed by atoms with Gasteiger partial charge in [0.2, 0.25) is 6.10 Å². The first-order valence-corrected chi connectivity index (χ1v) is 6.48. The maximum Gasteiger partial charge on any atom is 0.348 e. The van der Waals surface area contributed by atoms with Crippen LogP contribution in [0.5, 0.6) is 0 Å². The van der Waals surface area contributed by atoms with E-state index in [9.17, 15) is 9.59 Å². The molecule has 1 atom stereocenters. The monoisotopic (exact) mass is 285 g/mol. The first-order chi connectivity index (χ1) is 9.94. The summed E-state index contributed by atoms with van der Waals surface area (Å²) in [7, 11) is 0. The van der Waals surface area contributed by atoms with Gasteiger partial charge in [-0.3, -0.25) is 0 Å². The minimum atomic E-state index is -0.902. The van der Waals surface area contributed by atoms with Crippen molar-refractivity contribution in [2.75, 3.05) is 6.61 Å². The fraction of sp³-hybridized carbons (Fsp3) is 0.312. The van der Waals surface area contributed by atoms with E-state index in [1.54, 1.807) is 38.1 Å². The third-order valence-corrected chi connectivity index (χ3v) is 3.22. The molecule has 0 aliphatic carbocycles. The highest BCUT2D eigenvalue weighted by Crippen LogP contribution is 2.31. The number of nitrogens with zero attached hydrogens (tertiary/aromatic N) is 1. The molecular formula is C16H15NO4. The Hall–Kier alpha value is -2.61. The Balaban J connectivity index is 2.07. The van der Waals surface area contributed by atoms with E-state index >= 15 is 0 Å². The molecule has 0 spiro atoms. The fourth-order valence-electron chi connectivity index (χ4n) is 1.99. The molecule has 21 heavy (non-hydrogen) atoms. The summed E-state index contributed by atoms with van der Waals surface area (Å²) in [5, 5.41) is 8.96. The summed E-state index contributed by atoms with van der Waals surface area (Å²) in [5.74, 6) is -1.17. The van der Waals surface area contributed by atoms with Gasteiger partial charge in [-0.25, -0.2) is 9.59 Å². The summed E-state index contributed by atoms with van der Waals surface area (Å²) >= 11 is 0. The first-order valence-electron chi connectivity index (χ1n) is 6.48. The SMILES string of the molecule is CC1(C)COC(=O)[C@H]1OC(=O)/C=C/c1ccccc1C#N. The van der Waals surface area contributed by atoms with E-state index in [1.165, 1.54) is 12.2 Å². The molecule has 2 rings (SSSR count). The van der Waals surface area contributed by atoms with Crippen molar-refractivity contribution >= 4 is 18.0 Å². The van der Waals surface area contributed by atoms with Crippen molar-refractivity contribution in [3.05, 3.63) is 41.5 Å². The Labute approximate surface area is 122 Å². The molecule has 0 saturated carbocycles. The van der Waals surface area contributed by atoms with Gasteiger partial charge in [-0.1, -0.05) is 32.0 Å². The minimum absolute atomic E-state index is 0.227. The molecule has 0 unspecified atom stereocenters. The van der Waals surface area contributed by atoms with E-state index in [4.69, 9.17) is 14.7 Å². The van der Waals surface area contributed by atoms with Gasteiger partial charge in [0.25, 0.3) is 0 Å². The lowest BCUT2D eigenvalue weighted by Gasteiger charge is -2.20. The van der Waals surface area contributed by atoms with Crippen LogP contribution >= 0.6 is 0 Å². The van der Waals surface area contributed by atoms with E-state index < -0.39 is 23.5 Å². The largest absolute Gasteiger partial charge is 0.462 e. The van der Waals surface area contributed by atoms with Crippen LogP contribution in [0.3, 0.4) is 0 Å². The van der Waals surface area contributed by atoms with Crippen molar-refractivity contribution in [1.82, 2.24) is 0 Å². The molecule has 0 bridgehead atoms. The van der Waals surface area contributed by atoms with Crippen LogP contribution in [0.2, 0.25) is 0 Å². The Morgan fingerprint density at radius 2 is 2.19 bits per heavy atom. The van der Waals surface area contributed by atoms with Crippen molar-refractivity contribution in [3.8, 4) is 6.07 Å². The van der Waals surface area contributed by atoms with E-state index in [2.05, 4.69) is 0 Å². The van der Waals surface area contributed by atoms with Gasteiger partial charge in [0.15, 0.2) is 0 Å². The molecule has 0 aromatic heterocycles. The molecule has 5 nitrogen and oxygen atoms in total. The third kappa shape index (κ3) is 3.29. The standard InChI is InChI=1S/C16H15NO4/c1-16(2)10-20-15(19)14(16)21-13(18)8-7-11-5-3-4-6-12(11)9-17/h3-8,14H,10H2,1-2H3/b8-7+/t14-/m1/s1. The minimum Gasteiger partial charge on any atom is -0.462 e. The van der Waals surface area contributed by atoms with Crippen LogP contribution in [0.15, 0.2) is 30.3 Å². The number of ether oxygens (including phenoxy) is 2. The lowest BCUT2D eigenvalue weighted by atomic mass is 9.90. The second-order valence-electron chi connectivity index (χ2n) is 5.45. The van der Waals surface area contributed by atoms with Crippen LogP contribution in [-0.2, 0) is 19.1 Å². The molecule has 0 amide bonds. The van der Waals surface area contributed by atoms with E-state index in [1.807, 2.05) is 6.07 Å². The molecular weight excluding hydrogens is 270 g/mol. The number of hydrogen-bond acceptors (Lipinski definition) is 5. The zero-order chi connectivity index (χ0) is 15.5. The van der Waals surface area contributed by atoms with Gasteiger partial charge < -0.3 is 9.47 Å². The summed E-state index contributed by atoms with van der Waals surface area (Å²) in [5.41, 5.74) is 0.540. The average Bonchev–Trinajstić information content (AvgIpc) is 2.72. The van der Waals surface area contributed by atoms with Crippen LogP contribution < -0.4 is 0 Å². The number of carbonyl (C=O) groups is 2. The van der Waals surface area contributed by atoms with Gasteiger partial charge in [-0.05, 0) is 17.7 Å². The van der Waals surface area contributed by atoms with Crippen molar-refractivity contribution in [2.24, 2.45) is 5.41 Å². The lowest BCUT2D eigenvalue weighted by molar-refractivity contribution is -0.159. The zero-order valence-corrected chi connectivity index (χ0v) is 11.8. The first kappa shape index (κ1) is 14.8. The topological polar surface area (TPSA) is 76.4 Å². The van der Waals surface area contributed by atoms with Crippen LogP contribution in [-0.4, -0.2) is 24.6 Å². The zero-order valence-electron chi connectivity index (χ0n) is 11.8. The highest BCUT2D eigenvalue weighted by atomic mass is 16.6. The van der Waals surface area contributed by atoms with Crippen molar-refractivity contribution in [1.29, 1.82) is 5.26 Å². The second kappa shape index (κ2) is 5.80. The van der Waals surface area contributed by atoms with Crippen LogP contribution in [0, 0.1) is 16.7 Å². The summed E-state index contributed by atoms with van der Waals surface area (Å²) < 4.78 is 10.0. The number of cyclic esters (lactones) is 1. The van der Waals surface area contributed by atoms with Crippen LogP contribution in [0.25, 0.3) is 6.08 Å². The highest BCUT2D eigenvalue weighted by molar-refractivity contribution is 5.90. The van der Waals surface area contributed by atoms with Crippen molar-refractivity contribution < 1.29 is 19.1 Å². The van der Waals surface area contributed by atoms with Gasteiger partial charge in [-0.2, -0.15) is 5.26 Å². The van der Waals surface area contributed by atoms with E-state index in [0.717, 1.165) is 0 Å². The summed E-state index contributed by atoms with van der Waals surface area (Å²) in [6, 6.07) is 8.92. The number of benzene rings is 1. The smallest absolute Gasteiger partial charge is 0.348 e. The van der Waals surface area contributed by atoms with Gasteiger partial charge in [-0.15, -0.1) is 0 Å². The Bertz CT molecular complexity index is 640.